The summed E-state index contributed by atoms with van der Waals surface area (Å²) in [5.41, 5.74) is 8.41. The van der Waals surface area contributed by atoms with Crippen LogP contribution >= 0.6 is 0 Å². The first-order valence-corrected chi connectivity index (χ1v) is 13.1. The maximum Gasteiger partial charge on any atom is 0.246 e. The van der Waals surface area contributed by atoms with Crippen molar-refractivity contribution in [1.29, 1.82) is 0 Å². The SMILES string of the molecule is CN(CC=CC(=O)N1CCC(n2nc(-c3ccc(Oc4cccc(F)c4)cc3)c3c(N)ncnc32)C1)C1CC1. The number of amides is 1. The van der Waals surface area contributed by atoms with Gasteiger partial charge in [-0.1, -0.05) is 12.1 Å². The first-order valence-electron chi connectivity index (χ1n) is 13.1. The predicted molar refractivity (Wildman–Crippen MR) is 147 cm³/mol. The van der Waals surface area contributed by atoms with E-state index in [1.54, 1.807) is 30.3 Å². The Kier molecular flexibility index (Phi) is 6.70. The Morgan fingerprint density at radius 2 is 1.97 bits per heavy atom. The third kappa shape index (κ3) is 5.33. The van der Waals surface area contributed by atoms with Crippen molar-refractivity contribution in [2.24, 2.45) is 0 Å². The normalized spacial score (nSPS) is 17.5. The largest absolute Gasteiger partial charge is 0.457 e. The molecule has 0 spiro atoms. The van der Waals surface area contributed by atoms with Crippen LogP contribution in [0.25, 0.3) is 22.3 Å². The van der Waals surface area contributed by atoms with E-state index in [0.29, 0.717) is 53.2 Å². The number of nitrogen functional groups attached to an aromatic ring is 1. The van der Waals surface area contributed by atoms with Gasteiger partial charge in [0.25, 0.3) is 0 Å². The van der Waals surface area contributed by atoms with Crippen LogP contribution in [0.5, 0.6) is 11.5 Å². The lowest BCUT2D eigenvalue weighted by molar-refractivity contribution is -0.125. The number of benzene rings is 2. The van der Waals surface area contributed by atoms with E-state index in [0.717, 1.165) is 18.5 Å². The molecule has 3 heterocycles. The van der Waals surface area contributed by atoms with E-state index < -0.39 is 0 Å². The van der Waals surface area contributed by atoms with Crippen molar-refractivity contribution in [3.8, 4) is 22.8 Å². The number of nitrogens with two attached hydrogens (primary N) is 1. The first-order chi connectivity index (χ1) is 19.0. The number of hydrogen-bond acceptors (Lipinski definition) is 7. The van der Waals surface area contributed by atoms with E-state index in [-0.39, 0.29) is 17.8 Å². The Labute approximate surface area is 225 Å². The molecule has 0 bridgehead atoms. The van der Waals surface area contributed by atoms with Crippen molar-refractivity contribution in [3.63, 3.8) is 0 Å². The number of halogens is 1. The fraction of sp³-hybridized carbons (Fsp3) is 0.310. The molecule has 39 heavy (non-hydrogen) atoms. The maximum absolute atomic E-state index is 13.5. The van der Waals surface area contributed by atoms with E-state index in [1.165, 1.54) is 31.3 Å². The molecule has 6 rings (SSSR count). The number of carbonyl (C=O) groups excluding carboxylic acids is 1. The second-order valence-corrected chi connectivity index (χ2v) is 10.1. The minimum absolute atomic E-state index is 0.0152. The highest BCUT2D eigenvalue weighted by Gasteiger charge is 2.30. The number of likely N-dealkylation sites (tertiary alicyclic amines) is 1. The summed E-state index contributed by atoms with van der Waals surface area (Å²) in [7, 11) is 2.09. The molecule has 10 heteroatoms. The van der Waals surface area contributed by atoms with Crippen LogP contribution in [-0.4, -0.2) is 68.2 Å². The van der Waals surface area contributed by atoms with Crippen LogP contribution in [-0.2, 0) is 4.79 Å². The Bertz CT molecular complexity index is 1530. The molecule has 9 nitrogen and oxygen atoms in total. The van der Waals surface area contributed by atoms with E-state index in [4.69, 9.17) is 15.6 Å². The quantitative estimate of drug-likeness (QED) is 0.338. The zero-order valence-corrected chi connectivity index (χ0v) is 21.7. The van der Waals surface area contributed by atoms with Gasteiger partial charge < -0.3 is 15.4 Å². The van der Waals surface area contributed by atoms with E-state index in [9.17, 15) is 9.18 Å². The summed E-state index contributed by atoms with van der Waals surface area (Å²) in [5.74, 6) is 0.983. The van der Waals surface area contributed by atoms with E-state index >= 15 is 0 Å². The summed E-state index contributed by atoms with van der Waals surface area (Å²) in [6, 6.07) is 14.0. The smallest absolute Gasteiger partial charge is 0.246 e. The van der Waals surface area contributed by atoms with Crippen LogP contribution in [0.3, 0.4) is 0 Å². The van der Waals surface area contributed by atoms with Gasteiger partial charge in [-0.2, -0.15) is 5.10 Å². The van der Waals surface area contributed by atoms with Gasteiger partial charge in [0.05, 0.1) is 11.4 Å². The molecule has 2 aromatic carbocycles. The molecule has 1 aliphatic heterocycles. The van der Waals surface area contributed by atoms with Crippen molar-refractivity contribution in [1.82, 2.24) is 29.5 Å². The minimum Gasteiger partial charge on any atom is -0.457 e. The lowest BCUT2D eigenvalue weighted by atomic mass is 10.1. The third-order valence-corrected chi connectivity index (χ3v) is 7.32. The van der Waals surface area contributed by atoms with Gasteiger partial charge in [0, 0.05) is 43.4 Å². The number of likely N-dealkylation sites (N-methyl/N-ethyl adjacent to an activating group) is 1. The third-order valence-electron chi connectivity index (χ3n) is 7.32. The van der Waals surface area contributed by atoms with Crippen molar-refractivity contribution >= 4 is 22.8 Å². The predicted octanol–water partition coefficient (Wildman–Crippen LogP) is 4.43. The zero-order valence-electron chi connectivity index (χ0n) is 21.7. The van der Waals surface area contributed by atoms with Crippen LogP contribution < -0.4 is 10.5 Å². The number of carbonyl (C=O) groups is 1. The number of anilines is 1. The molecule has 1 saturated carbocycles. The standard InChI is InChI=1S/C29H30FN7O2/c1-35(21-9-10-21)14-3-6-25(38)36-15-13-22(17-36)37-29-26(28(31)32-18-33-29)27(34-37)19-7-11-23(12-8-19)39-24-5-2-4-20(30)16-24/h2-8,11-12,16,18,21-22H,9-10,13-15,17H2,1H3,(H2,31,32,33). The van der Waals surface area contributed by atoms with Crippen LogP contribution in [0, 0.1) is 5.82 Å². The second kappa shape index (κ2) is 10.5. The molecule has 1 atom stereocenters. The second-order valence-electron chi connectivity index (χ2n) is 10.1. The lowest BCUT2D eigenvalue weighted by Crippen LogP contribution is -2.28. The number of nitrogens with zero attached hydrogens (tertiary/aromatic N) is 6. The molecular weight excluding hydrogens is 497 g/mol. The highest BCUT2D eigenvalue weighted by molar-refractivity contribution is 5.98. The summed E-state index contributed by atoms with van der Waals surface area (Å²) in [6.45, 7) is 1.97. The maximum atomic E-state index is 13.5. The van der Waals surface area contributed by atoms with Gasteiger partial charge in [0.1, 0.15) is 35.2 Å². The van der Waals surface area contributed by atoms with E-state index in [1.807, 2.05) is 27.8 Å². The van der Waals surface area contributed by atoms with Gasteiger partial charge >= 0.3 is 0 Å². The molecule has 200 valence electrons. The van der Waals surface area contributed by atoms with Crippen molar-refractivity contribution in [3.05, 3.63) is 72.8 Å². The molecule has 1 amide bonds. The lowest BCUT2D eigenvalue weighted by Gasteiger charge is -2.16. The number of fused-ring (bicyclic) bond motifs is 1. The first kappa shape index (κ1) is 25.0. The monoisotopic (exact) mass is 527 g/mol. The number of aromatic nitrogens is 4. The Morgan fingerprint density at radius 1 is 1.15 bits per heavy atom. The van der Waals surface area contributed by atoms with Crippen LogP contribution in [0.4, 0.5) is 10.2 Å². The fourth-order valence-electron chi connectivity index (χ4n) is 5.03. The highest BCUT2D eigenvalue weighted by Crippen LogP contribution is 2.35. The molecule has 1 unspecified atom stereocenters. The van der Waals surface area contributed by atoms with Gasteiger partial charge in [0.2, 0.25) is 5.91 Å². The van der Waals surface area contributed by atoms with Crippen molar-refractivity contribution in [2.75, 3.05) is 32.4 Å². The Hall–Kier alpha value is -4.31. The number of ether oxygens (including phenoxy) is 1. The summed E-state index contributed by atoms with van der Waals surface area (Å²) < 4.78 is 21.2. The molecular formula is C29H30FN7O2. The topological polar surface area (TPSA) is 102 Å². The van der Waals surface area contributed by atoms with Crippen LogP contribution in [0.2, 0.25) is 0 Å². The highest BCUT2D eigenvalue weighted by atomic mass is 19.1. The molecule has 2 aliphatic rings. The Balaban J connectivity index is 1.21. The zero-order chi connectivity index (χ0) is 26.9. The van der Waals surface area contributed by atoms with Gasteiger partial charge in [-0.3, -0.25) is 9.69 Å². The molecule has 2 N–H and O–H groups in total. The number of hydrogen-bond donors (Lipinski definition) is 1. The van der Waals surface area contributed by atoms with Crippen molar-refractivity contribution in [2.45, 2.75) is 31.3 Å². The fourth-order valence-corrected chi connectivity index (χ4v) is 5.03. The van der Waals surface area contributed by atoms with Crippen molar-refractivity contribution < 1.29 is 13.9 Å². The number of rotatable bonds is 8. The molecule has 2 aromatic heterocycles. The van der Waals surface area contributed by atoms with E-state index in [2.05, 4.69) is 21.9 Å². The average molecular weight is 528 g/mol. The molecule has 0 radical (unpaired) electrons. The minimum atomic E-state index is -0.360. The molecule has 2 fully saturated rings. The summed E-state index contributed by atoms with van der Waals surface area (Å²) in [4.78, 5) is 25.7. The Morgan fingerprint density at radius 3 is 2.74 bits per heavy atom. The summed E-state index contributed by atoms with van der Waals surface area (Å²) in [6.07, 6.45) is 8.32. The summed E-state index contributed by atoms with van der Waals surface area (Å²) >= 11 is 0. The van der Waals surface area contributed by atoms with Gasteiger partial charge in [-0.25, -0.2) is 19.0 Å². The van der Waals surface area contributed by atoms with Gasteiger partial charge in [0.15, 0.2) is 5.65 Å². The molecule has 1 aliphatic carbocycles. The van der Waals surface area contributed by atoms with Crippen LogP contribution in [0.15, 0.2) is 67.0 Å². The van der Waals surface area contributed by atoms with Crippen LogP contribution in [0.1, 0.15) is 25.3 Å². The molecule has 4 aromatic rings. The van der Waals surface area contributed by atoms with Gasteiger partial charge in [-0.15, -0.1) is 0 Å². The average Bonchev–Trinajstić information content (AvgIpc) is 3.54. The van der Waals surface area contributed by atoms with Gasteiger partial charge in [-0.05, 0) is 62.7 Å². The molecule has 1 saturated heterocycles. The summed E-state index contributed by atoms with van der Waals surface area (Å²) in [5, 5.41) is 5.58.